The van der Waals surface area contributed by atoms with Crippen LogP contribution in [0, 0.1) is 27.7 Å². The maximum atomic E-state index is 11.8. The van der Waals surface area contributed by atoms with E-state index in [4.69, 9.17) is 56.6 Å². The molecule has 0 saturated carbocycles. The molecule has 0 bridgehead atoms. The Morgan fingerprint density at radius 2 is 0.430 bits per heavy atom. The first-order chi connectivity index (χ1) is 68.4. The fourth-order valence-corrected chi connectivity index (χ4v) is 20.3. The number of pyridine rings is 4. The third kappa shape index (κ3) is 61.9. The van der Waals surface area contributed by atoms with Gasteiger partial charge in [0.05, 0.1) is 47.5 Å². The summed E-state index contributed by atoms with van der Waals surface area (Å²) in [4.78, 5) is 72.1. The van der Waals surface area contributed by atoms with Gasteiger partial charge in [-0.1, -0.05) is 243 Å². The van der Waals surface area contributed by atoms with Crippen molar-refractivity contribution >= 4 is 169 Å². The van der Waals surface area contributed by atoms with Gasteiger partial charge in [-0.3, -0.25) is 34.3 Å². The van der Waals surface area contributed by atoms with Crippen LogP contribution in [-0.2, 0) is 100 Å². The van der Waals surface area contributed by atoms with Crippen molar-refractivity contribution in [2.75, 3.05) is 101 Å². The number of carbonyl (C=O) groups excluding carboxylic acids is 5. The van der Waals surface area contributed by atoms with Crippen molar-refractivity contribution in [3.63, 3.8) is 0 Å². The van der Waals surface area contributed by atoms with Gasteiger partial charge in [0.25, 0.3) is 0 Å². The molecule has 6 N–H and O–H groups in total. The van der Waals surface area contributed by atoms with Crippen LogP contribution in [-0.4, -0.2) is 225 Å². The number of anilines is 4. The summed E-state index contributed by atoms with van der Waals surface area (Å²) in [6, 6.07) is 95.3. The number of ether oxygens (including phenoxy) is 1. The summed E-state index contributed by atoms with van der Waals surface area (Å²) in [7, 11) is -15.5. The molecule has 0 unspecified atom stereocenters. The molecule has 7 amide bonds. The quantitative estimate of drug-likeness (QED) is 0.0103. The van der Waals surface area contributed by atoms with Gasteiger partial charge in [0, 0.05) is 80.3 Å². The van der Waals surface area contributed by atoms with E-state index < -0.39 is 62.5 Å². The zero-order chi connectivity index (χ0) is 110. The second kappa shape index (κ2) is 74.9. The van der Waals surface area contributed by atoms with E-state index in [0.29, 0.717) is 22.7 Å². The summed E-state index contributed by atoms with van der Waals surface area (Å²) in [5.41, 5.74) is -16.0. The summed E-state index contributed by atoms with van der Waals surface area (Å²) in [5.74, 6) is 0. The number of nitrogens with one attached hydrogen (secondary N) is 4. The molecule has 12 aromatic rings. The number of nitrogens with zero attached hydrogens (tertiary/aromatic N) is 7. The number of amides is 7. The summed E-state index contributed by atoms with van der Waals surface area (Å²) in [5, 5.41) is 22.9. The van der Waals surface area contributed by atoms with E-state index in [1.165, 1.54) is 94.6 Å². The maximum absolute atomic E-state index is 11.8. The molecule has 0 atom stereocenters. The molecular weight excluding hydrogens is 2320 g/mol. The van der Waals surface area contributed by atoms with E-state index in [0.717, 1.165) is 54.7 Å². The van der Waals surface area contributed by atoms with Crippen LogP contribution in [0.2, 0.25) is 0 Å². The third-order valence-electron chi connectivity index (χ3n) is 17.4. The van der Waals surface area contributed by atoms with Crippen LogP contribution in [0.1, 0.15) is 48.9 Å². The molecule has 0 radical (unpaired) electrons. The van der Waals surface area contributed by atoms with Gasteiger partial charge in [0.1, 0.15) is 0 Å². The van der Waals surface area contributed by atoms with Crippen molar-refractivity contribution in [3.8, 4) is 0 Å². The Labute approximate surface area is 893 Å². The van der Waals surface area contributed by atoms with Crippen molar-refractivity contribution in [1.82, 2.24) is 34.6 Å². The SMILES string of the molecule is CCOCC.CN(C)C=O.CN(C)C=O.CN(C)C=O.Cc1ccncc1NC(=O)Nc1cnccc1C.Cc1ccncc1NC(=O)Nc1cnccc1C.O.O=S(=O)([O-])C(F)(F)F.O=S(=O)([O-])C(F)(F)F.O=S(=O)([O-])C(F)(F)F.O=S(=O)([O-])C(F)(F)F.[Pd+2].[Pd+2].c1ccc(P(CCCP(c2ccccc2)c2ccccc2)c2ccccc2)cc1.c1ccc(P(CCCP(c2ccccc2)c2ccccc2)c2ccccc2)cc1. The van der Waals surface area contributed by atoms with Gasteiger partial charge in [-0.05, 0) is 200 Å². The Balaban J connectivity index is -0.00000165. The zero-order valence-corrected chi connectivity index (χ0v) is 91.9. The molecule has 30 nitrogen and oxygen atoms in total. The van der Waals surface area contributed by atoms with E-state index in [2.05, 4.69) is 284 Å². The van der Waals surface area contributed by atoms with Crippen LogP contribution in [0.25, 0.3) is 0 Å². The predicted molar refractivity (Wildman–Crippen MR) is 554 cm³/mol. The van der Waals surface area contributed by atoms with Crippen LogP contribution in [0.4, 0.5) is 85.0 Å². The van der Waals surface area contributed by atoms with Crippen LogP contribution in [0.15, 0.2) is 316 Å². The summed E-state index contributed by atoms with van der Waals surface area (Å²) in [6.07, 6.45) is 22.9. The number of aromatic nitrogens is 4. The van der Waals surface area contributed by atoms with Crippen LogP contribution >= 0.6 is 31.7 Å². The minimum absolute atomic E-state index is 0. The maximum Gasteiger partial charge on any atom is 2.00 e. The molecule has 4 heterocycles. The van der Waals surface area contributed by atoms with E-state index in [-0.39, 0.29) is 90.1 Å². The summed E-state index contributed by atoms with van der Waals surface area (Å²) >= 11 is 0. The Bertz CT molecular complexity index is 5340. The smallest absolute Gasteiger partial charge is 0.741 e. The fourth-order valence-electron chi connectivity index (χ4n) is 10.4. The number of hydrogen-bond acceptors (Lipinski definition) is 22. The first kappa shape index (κ1) is 142. The standard InChI is InChI=1S/2C27H26P2.2C13H14N4O.C4H10O.3C3H7NO.4CHF3O3S.H2O.2Pd/c2*1-5-14-24(15-6-1)28(25-16-7-2-8-17-25)22-13-23-29(26-18-9-3-10-19-26)27-20-11-4-12-21-27;2*1-9-3-5-14-7-11(9)16-13(18)17-12-8-15-6-4-10(12)2;1-3-5-4-2;3*1-4(2)3-5;4*2-1(3,4)8(5,6)7;;;/h2*1-12,14-21H,13,22-23H2;2*3-8H,1-2H3,(H2,16,17,18);3-4H2,1-2H3;3*3H,1-2H3;4*(H,5,6,7);1H2;;/q;;;;;;;;;;;;;2*+2/p-4. The van der Waals surface area contributed by atoms with Gasteiger partial charge < -0.3 is 64.4 Å². The Morgan fingerprint density at radius 3 is 0.523 bits per heavy atom. The second-order valence-corrected chi connectivity index (χ2v) is 44.3. The Hall–Kier alpha value is -10.9. The van der Waals surface area contributed by atoms with Crippen LogP contribution < -0.4 is 63.7 Å². The minimum Gasteiger partial charge on any atom is -0.741 e. The molecule has 4 aromatic heterocycles. The first-order valence-electron chi connectivity index (χ1n) is 42.7. The van der Waals surface area contributed by atoms with Gasteiger partial charge in [-0.25, -0.2) is 43.3 Å². The largest absolute Gasteiger partial charge is 2.00 e. The van der Waals surface area contributed by atoms with E-state index in [1.54, 1.807) is 91.9 Å². The van der Waals surface area contributed by atoms with E-state index in [1.807, 2.05) is 65.8 Å². The molecule has 0 fully saturated rings. The molecular formula is C97H113F12N11O19P4Pd2S4. The average molecular weight is 2430 g/mol. The fraction of sp³-hybridized carbons (Fsp3) is 0.247. The molecule has 0 aliphatic rings. The molecule has 0 aliphatic carbocycles. The van der Waals surface area contributed by atoms with Gasteiger partial charge in [0.15, 0.2) is 40.5 Å². The number of alkyl halides is 12. The van der Waals surface area contributed by atoms with E-state index in [9.17, 15) is 76.7 Å². The van der Waals surface area contributed by atoms with Gasteiger partial charge in [-0.15, -0.1) is 0 Å². The van der Waals surface area contributed by atoms with Gasteiger partial charge >= 0.3 is 74.9 Å². The average Bonchev–Trinajstić information content (AvgIpc) is 0.834. The number of urea groups is 2. The minimum atomic E-state index is -6.09. The molecule has 0 aliphatic heterocycles. The third-order valence-corrected chi connectivity index (χ3v) is 30.1. The number of hydrogen-bond donors (Lipinski definition) is 4. The van der Waals surface area contributed by atoms with Crippen molar-refractivity contribution in [1.29, 1.82) is 0 Å². The molecule has 12 rings (SSSR count). The van der Waals surface area contributed by atoms with E-state index >= 15 is 0 Å². The molecule has 8 aromatic carbocycles. The van der Waals surface area contributed by atoms with Crippen LogP contribution in [0.5, 0.6) is 0 Å². The van der Waals surface area contributed by atoms with Gasteiger partial charge in [-0.2, -0.15) is 52.7 Å². The van der Waals surface area contributed by atoms with Gasteiger partial charge in [0.2, 0.25) is 19.2 Å². The Kier molecular flexibility index (Phi) is 71.5. The molecule has 149 heavy (non-hydrogen) atoms. The Morgan fingerprint density at radius 1 is 0.302 bits per heavy atom. The van der Waals surface area contributed by atoms with Crippen LogP contribution in [0.3, 0.4) is 0 Å². The van der Waals surface area contributed by atoms with Crippen molar-refractivity contribution in [3.05, 3.63) is 339 Å². The molecule has 0 spiro atoms. The number of halogens is 12. The second-order valence-electron chi connectivity index (χ2n) is 29.5. The number of carbonyl (C=O) groups is 5. The topological polar surface area (TPSA) is 464 Å². The summed E-state index contributed by atoms with van der Waals surface area (Å²) in [6.45, 7) is 13.3. The predicted octanol–water partition coefficient (Wildman–Crippen LogP) is 16.3. The molecule has 0 saturated heterocycles. The number of aryl methyl sites for hydroxylation is 4. The number of benzene rings is 8. The monoisotopic (exact) mass is 2430 g/mol. The van der Waals surface area contributed by atoms with Crippen molar-refractivity contribution in [2.45, 2.75) is 76.4 Å². The summed E-state index contributed by atoms with van der Waals surface area (Å²) < 4.78 is 240. The zero-order valence-electron chi connectivity index (χ0n) is 82.0. The first-order valence-corrected chi connectivity index (χ1v) is 54.4. The molecule has 52 heteroatoms. The van der Waals surface area contributed by atoms with Crippen molar-refractivity contribution < 1.29 is 180 Å². The van der Waals surface area contributed by atoms with Crippen molar-refractivity contribution in [2.24, 2.45) is 0 Å². The normalized spacial score (nSPS) is 10.7. The molecule has 818 valence electrons. The number of rotatable bonds is 25.